The second-order valence-corrected chi connectivity index (χ2v) is 5.81. The maximum atomic E-state index is 13.8. The molecule has 0 radical (unpaired) electrons. The van der Waals surface area contributed by atoms with Gasteiger partial charge in [0.25, 0.3) is 0 Å². The summed E-state index contributed by atoms with van der Waals surface area (Å²) in [5.74, 6) is 0.143. The Morgan fingerprint density at radius 1 is 1.10 bits per heavy atom. The number of fused-ring (bicyclic) bond motifs is 1. The lowest BCUT2D eigenvalue weighted by molar-refractivity contribution is 0.632. The van der Waals surface area contributed by atoms with Gasteiger partial charge in [0.15, 0.2) is 0 Å². The molecule has 0 aliphatic rings. The van der Waals surface area contributed by atoms with Crippen molar-refractivity contribution in [1.29, 1.82) is 0 Å². The molecule has 1 heterocycles. The van der Waals surface area contributed by atoms with Crippen LogP contribution in [0.15, 0.2) is 42.7 Å². The first-order valence-corrected chi connectivity index (χ1v) is 7.21. The third-order valence-corrected chi connectivity index (χ3v) is 3.69. The first kappa shape index (κ1) is 13.5. The SMILES string of the molecule is Fc1cc(Cl)ccc1Nc1ncnc2ccc(I)cc12. The summed E-state index contributed by atoms with van der Waals surface area (Å²) in [5, 5.41) is 4.18. The Kier molecular flexibility index (Phi) is 3.71. The van der Waals surface area contributed by atoms with E-state index in [1.165, 1.54) is 12.4 Å². The average molecular weight is 400 g/mol. The lowest BCUT2D eigenvalue weighted by Crippen LogP contribution is -1.98. The van der Waals surface area contributed by atoms with E-state index in [4.69, 9.17) is 11.6 Å². The molecule has 6 heteroatoms. The zero-order valence-electron chi connectivity index (χ0n) is 10.1. The summed E-state index contributed by atoms with van der Waals surface area (Å²) >= 11 is 7.95. The number of hydrogen-bond donors (Lipinski definition) is 1. The van der Waals surface area contributed by atoms with Gasteiger partial charge in [-0.2, -0.15) is 0 Å². The van der Waals surface area contributed by atoms with Crippen LogP contribution >= 0.6 is 34.2 Å². The smallest absolute Gasteiger partial charge is 0.148 e. The molecule has 20 heavy (non-hydrogen) atoms. The van der Waals surface area contributed by atoms with E-state index in [0.717, 1.165) is 14.5 Å². The van der Waals surface area contributed by atoms with E-state index < -0.39 is 5.82 Å². The molecular formula is C14H8ClFIN3. The van der Waals surface area contributed by atoms with E-state index in [1.54, 1.807) is 12.1 Å². The van der Waals surface area contributed by atoms with E-state index >= 15 is 0 Å². The molecule has 1 N–H and O–H groups in total. The van der Waals surface area contributed by atoms with E-state index in [-0.39, 0.29) is 0 Å². The molecule has 0 spiro atoms. The van der Waals surface area contributed by atoms with Crippen LogP contribution in [0.4, 0.5) is 15.9 Å². The third-order valence-electron chi connectivity index (χ3n) is 2.78. The molecule has 3 nitrogen and oxygen atoms in total. The number of nitrogens with one attached hydrogen (secondary N) is 1. The summed E-state index contributed by atoms with van der Waals surface area (Å²) in [6.45, 7) is 0. The standard InChI is InChI=1S/C14H8ClFIN3/c15-8-1-3-13(11(16)5-8)20-14-10-6-9(17)2-4-12(10)18-7-19-14/h1-7H,(H,18,19,20). The van der Waals surface area contributed by atoms with Crippen LogP contribution in [0.25, 0.3) is 10.9 Å². The monoisotopic (exact) mass is 399 g/mol. The van der Waals surface area contributed by atoms with E-state index in [0.29, 0.717) is 16.5 Å². The third kappa shape index (κ3) is 2.69. The topological polar surface area (TPSA) is 37.8 Å². The van der Waals surface area contributed by atoms with Crippen molar-refractivity contribution >= 4 is 56.6 Å². The van der Waals surface area contributed by atoms with Gasteiger partial charge in [-0.1, -0.05) is 11.6 Å². The molecule has 0 bridgehead atoms. The highest BCUT2D eigenvalue weighted by molar-refractivity contribution is 14.1. The van der Waals surface area contributed by atoms with Gasteiger partial charge in [0.1, 0.15) is 18.0 Å². The van der Waals surface area contributed by atoms with Gasteiger partial charge >= 0.3 is 0 Å². The summed E-state index contributed by atoms with van der Waals surface area (Å²) in [5.41, 5.74) is 1.13. The molecule has 0 aliphatic carbocycles. The predicted molar refractivity (Wildman–Crippen MR) is 86.9 cm³/mol. The average Bonchev–Trinajstić information content (AvgIpc) is 2.42. The normalized spacial score (nSPS) is 10.8. The fourth-order valence-corrected chi connectivity index (χ4v) is 2.50. The van der Waals surface area contributed by atoms with Gasteiger partial charge in [-0.05, 0) is 59.0 Å². The molecule has 3 rings (SSSR count). The summed E-state index contributed by atoms with van der Waals surface area (Å²) < 4.78 is 14.9. The lowest BCUT2D eigenvalue weighted by atomic mass is 10.2. The van der Waals surface area contributed by atoms with Crippen molar-refractivity contribution < 1.29 is 4.39 Å². The molecule has 1 aromatic heterocycles. The Morgan fingerprint density at radius 3 is 2.75 bits per heavy atom. The Morgan fingerprint density at radius 2 is 1.95 bits per heavy atom. The zero-order chi connectivity index (χ0) is 14.1. The number of nitrogens with zero attached hydrogens (tertiary/aromatic N) is 2. The van der Waals surface area contributed by atoms with Crippen molar-refractivity contribution in [3.63, 3.8) is 0 Å². The summed E-state index contributed by atoms with van der Waals surface area (Å²) in [6, 6.07) is 10.3. The quantitative estimate of drug-likeness (QED) is 0.631. The van der Waals surface area contributed by atoms with Crippen LogP contribution in [0.5, 0.6) is 0 Å². The highest BCUT2D eigenvalue weighted by Crippen LogP contribution is 2.27. The van der Waals surface area contributed by atoms with Gasteiger partial charge in [0.05, 0.1) is 11.2 Å². The number of anilines is 2. The first-order chi connectivity index (χ1) is 9.63. The molecular weight excluding hydrogens is 392 g/mol. The minimum atomic E-state index is -0.421. The maximum Gasteiger partial charge on any atom is 0.148 e. The number of aromatic nitrogens is 2. The number of halogens is 3. The van der Waals surface area contributed by atoms with Gasteiger partial charge in [0.2, 0.25) is 0 Å². The van der Waals surface area contributed by atoms with E-state index in [9.17, 15) is 4.39 Å². The van der Waals surface area contributed by atoms with Crippen molar-refractivity contribution in [3.8, 4) is 0 Å². The van der Waals surface area contributed by atoms with Gasteiger partial charge < -0.3 is 5.32 Å². The van der Waals surface area contributed by atoms with Crippen molar-refractivity contribution in [1.82, 2.24) is 9.97 Å². The van der Waals surface area contributed by atoms with Crippen LogP contribution < -0.4 is 5.32 Å². The Balaban J connectivity index is 2.08. The largest absolute Gasteiger partial charge is 0.337 e. The second-order valence-electron chi connectivity index (χ2n) is 4.13. The van der Waals surface area contributed by atoms with Crippen LogP contribution in [0, 0.1) is 9.39 Å². The highest BCUT2D eigenvalue weighted by atomic mass is 127. The van der Waals surface area contributed by atoms with Gasteiger partial charge in [-0.15, -0.1) is 0 Å². The first-order valence-electron chi connectivity index (χ1n) is 5.76. The lowest BCUT2D eigenvalue weighted by Gasteiger charge is -2.09. The van der Waals surface area contributed by atoms with Gasteiger partial charge in [-0.3, -0.25) is 0 Å². The molecule has 0 saturated carbocycles. The summed E-state index contributed by atoms with van der Waals surface area (Å²) in [6.07, 6.45) is 1.45. The highest BCUT2D eigenvalue weighted by Gasteiger charge is 2.08. The fraction of sp³-hybridized carbons (Fsp3) is 0. The zero-order valence-corrected chi connectivity index (χ0v) is 13.0. The molecule has 0 unspecified atom stereocenters. The molecule has 100 valence electrons. The Bertz CT molecular complexity index is 794. The molecule has 3 aromatic rings. The van der Waals surface area contributed by atoms with Crippen molar-refractivity contribution in [2.45, 2.75) is 0 Å². The van der Waals surface area contributed by atoms with Gasteiger partial charge in [-0.25, -0.2) is 14.4 Å². The second kappa shape index (κ2) is 5.49. The van der Waals surface area contributed by atoms with Crippen LogP contribution in [-0.2, 0) is 0 Å². The Hall–Kier alpha value is -1.47. The molecule has 0 aliphatic heterocycles. The fourth-order valence-electron chi connectivity index (χ4n) is 1.85. The molecule has 0 atom stereocenters. The maximum absolute atomic E-state index is 13.8. The van der Waals surface area contributed by atoms with Crippen LogP contribution in [0.1, 0.15) is 0 Å². The molecule has 0 fully saturated rings. The van der Waals surface area contributed by atoms with E-state index in [1.807, 2.05) is 18.2 Å². The van der Waals surface area contributed by atoms with Crippen LogP contribution in [0.3, 0.4) is 0 Å². The summed E-state index contributed by atoms with van der Waals surface area (Å²) in [7, 11) is 0. The minimum Gasteiger partial charge on any atom is -0.337 e. The van der Waals surface area contributed by atoms with Crippen LogP contribution in [-0.4, -0.2) is 9.97 Å². The number of rotatable bonds is 2. The molecule has 0 saturated heterocycles. The van der Waals surface area contributed by atoms with E-state index in [2.05, 4.69) is 37.9 Å². The van der Waals surface area contributed by atoms with Crippen LogP contribution in [0.2, 0.25) is 5.02 Å². The molecule has 2 aromatic carbocycles. The van der Waals surface area contributed by atoms with Crippen molar-refractivity contribution in [2.24, 2.45) is 0 Å². The minimum absolute atomic E-state index is 0.327. The number of benzene rings is 2. The number of hydrogen-bond acceptors (Lipinski definition) is 3. The Labute approximate surface area is 133 Å². The summed E-state index contributed by atoms with van der Waals surface area (Å²) in [4.78, 5) is 8.37. The molecule has 0 amide bonds. The predicted octanol–water partition coefficient (Wildman–Crippen LogP) is 4.77. The van der Waals surface area contributed by atoms with Gasteiger partial charge in [0, 0.05) is 14.0 Å². The van der Waals surface area contributed by atoms with Crippen molar-refractivity contribution in [2.75, 3.05) is 5.32 Å². The van der Waals surface area contributed by atoms with Crippen molar-refractivity contribution in [3.05, 3.63) is 57.1 Å².